The predicted molar refractivity (Wildman–Crippen MR) is 161 cm³/mol. The molecule has 9 heteroatoms. The Labute approximate surface area is 251 Å². The molecule has 3 aromatic rings. The second kappa shape index (κ2) is 12.7. The van der Waals surface area contributed by atoms with E-state index in [1.807, 2.05) is 48.5 Å². The second-order valence-corrected chi connectivity index (χ2v) is 12.2. The van der Waals surface area contributed by atoms with Crippen molar-refractivity contribution in [3.63, 3.8) is 0 Å². The summed E-state index contributed by atoms with van der Waals surface area (Å²) in [4.78, 5) is 58.8. The Morgan fingerprint density at radius 1 is 1.05 bits per heavy atom. The van der Waals surface area contributed by atoms with Gasteiger partial charge in [-0.2, -0.15) is 0 Å². The number of ketones is 2. The van der Waals surface area contributed by atoms with Crippen molar-refractivity contribution in [2.24, 2.45) is 17.8 Å². The smallest absolute Gasteiger partial charge is 0.271 e. The fourth-order valence-corrected chi connectivity index (χ4v) is 7.32. The Kier molecular flexibility index (Phi) is 8.61. The lowest BCUT2D eigenvalue weighted by Crippen LogP contribution is -2.53. The SMILES string of the molecule is COc1cccc2[nH]c(C(=O)N3C[C@@H]4CCC[C@@H]4[C@H]3C(=O)N[C@@H](C[C@@H]3CCCC3=O)C(=O)COCc3ccccc3)cc12. The predicted octanol–water partition coefficient (Wildman–Crippen LogP) is 4.45. The molecule has 2 saturated carbocycles. The summed E-state index contributed by atoms with van der Waals surface area (Å²) in [6.45, 7) is 0.602. The molecule has 2 aromatic carbocycles. The highest BCUT2D eigenvalue weighted by Crippen LogP contribution is 2.43. The van der Waals surface area contributed by atoms with Crippen LogP contribution in [-0.2, 0) is 25.7 Å². The number of hydrogen-bond acceptors (Lipinski definition) is 6. The molecule has 0 unspecified atom stereocenters. The number of carbonyl (C=O) groups excluding carboxylic acids is 4. The van der Waals surface area contributed by atoms with Gasteiger partial charge >= 0.3 is 0 Å². The largest absolute Gasteiger partial charge is 0.496 e. The van der Waals surface area contributed by atoms with Crippen LogP contribution < -0.4 is 10.1 Å². The average Bonchev–Trinajstić information content (AvgIpc) is 3.81. The zero-order valence-corrected chi connectivity index (χ0v) is 24.6. The fourth-order valence-electron chi connectivity index (χ4n) is 7.32. The molecule has 0 spiro atoms. The number of hydrogen-bond donors (Lipinski definition) is 2. The van der Waals surface area contributed by atoms with E-state index < -0.39 is 12.1 Å². The Hall–Kier alpha value is -3.98. The number of ether oxygens (including phenoxy) is 2. The molecule has 0 radical (unpaired) electrons. The van der Waals surface area contributed by atoms with E-state index in [2.05, 4.69) is 10.3 Å². The molecule has 2 N–H and O–H groups in total. The van der Waals surface area contributed by atoms with Crippen molar-refractivity contribution < 1.29 is 28.7 Å². The number of aromatic nitrogens is 1. The summed E-state index contributed by atoms with van der Waals surface area (Å²) in [5.41, 5.74) is 2.13. The minimum absolute atomic E-state index is 0.0288. The van der Waals surface area contributed by atoms with E-state index in [0.29, 0.717) is 30.8 Å². The number of amides is 2. The van der Waals surface area contributed by atoms with Gasteiger partial charge in [-0.3, -0.25) is 19.2 Å². The minimum atomic E-state index is -0.856. The van der Waals surface area contributed by atoms with Gasteiger partial charge in [-0.1, -0.05) is 42.8 Å². The van der Waals surface area contributed by atoms with Crippen LogP contribution in [0.3, 0.4) is 0 Å². The Morgan fingerprint density at radius 2 is 1.88 bits per heavy atom. The maximum atomic E-state index is 14.1. The van der Waals surface area contributed by atoms with Gasteiger partial charge in [0.1, 0.15) is 29.9 Å². The third kappa shape index (κ3) is 6.09. The normalized spacial score (nSPS) is 23.8. The van der Waals surface area contributed by atoms with E-state index in [-0.39, 0.29) is 60.8 Å². The molecule has 43 heavy (non-hydrogen) atoms. The van der Waals surface area contributed by atoms with Crippen LogP contribution in [-0.4, -0.2) is 65.6 Å². The molecule has 2 aliphatic carbocycles. The highest BCUT2D eigenvalue weighted by Gasteiger charge is 2.50. The lowest BCUT2D eigenvalue weighted by atomic mass is 9.91. The van der Waals surface area contributed by atoms with Crippen molar-refractivity contribution in [1.82, 2.24) is 15.2 Å². The first kappa shape index (κ1) is 29.1. The van der Waals surface area contributed by atoms with Crippen molar-refractivity contribution in [2.45, 2.75) is 63.6 Å². The standard InChI is InChI=1S/C34H39N3O6/c1-42-31-15-7-13-26-25(31)17-28(35-26)34(41)37-18-23-11-5-12-24(23)32(37)33(40)36-27(16-22-10-6-14-29(22)38)30(39)20-43-19-21-8-3-2-4-9-21/h2-4,7-9,13,15,17,22-24,27,32,35H,5-6,10-12,14,16,18-20H2,1H3,(H,36,40)/t22-,23-,24-,27-,32-/m0/s1. The number of H-pyrrole nitrogens is 1. The number of methoxy groups -OCH3 is 1. The molecule has 6 rings (SSSR count). The van der Waals surface area contributed by atoms with Gasteiger partial charge in [-0.25, -0.2) is 0 Å². The zero-order chi connectivity index (χ0) is 29.9. The van der Waals surface area contributed by atoms with Gasteiger partial charge in [0.15, 0.2) is 5.78 Å². The molecule has 0 bridgehead atoms. The number of nitrogens with zero attached hydrogens (tertiary/aromatic N) is 1. The number of carbonyl (C=O) groups is 4. The number of fused-ring (bicyclic) bond motifs is 2. The van der Waals surface area contributed by atoms with Gasteiger partial charge in [-0.15, -0.1) is 0 Å². The van der Waals surface area contributed by atoms with E-state index in [1.165, 1.54) is 0 Å². The molecule has 9 nitrogen and oxygen atoms in total. The Morgan fingerprint density at radius 3 is 2.65 bits per heavy atom. The molecular formula is C34H39N3O6. The van der Waals surface area contributed by atoms with Crippen LogP contribution in [0.4, 0.5) is 0 Å². The van der Waals surface area contributed by atoms with Gasteiger partial charge in [-0.05, 0) is 67.7 Å². The molecule has 5 atom stereocenters. The van der Waals surface area contributed by atoms with Gasteiger partial charge < -0.3 is 24.7 Å². The van der Waals surface area contributed by atoms with Crippen molar-refractivity contribution in [2.75, 3.05) is 20.3 Å². The Balaban J connectivity index is 1.20. The Bertz CT molecular complexity index is 1500. The molecule has 3 aliphatic rings. The summed E-state index contributed by atoms with van der Waals surface area (Å²) < 4.78 is 11.2. The monoisotopic (exact) mass is 585 g/mol. The highest BCUT2D eigenvalue weighted by molar-refractivity contribution is 6.02. The molecule has 1 aliphatic heterocycles. The van der Waals surface area contributed by atoms with Crippen molar-refractivity contribution in [3.8, 4) is 5.75 Å². The molecule has 3 fully saturated rings. The van der Waals surface area contributed by atoms with Crippen LogP contribution in [0.2, 0.25) is 0 Å². The third-order valence-electron chi connectivity index (χ3n) is 9.51. The lowest BCUT2D eigenvalue weighted by Gasteiger charge is -2.29. The van der Waals surface area contributed by atoms with Crippen LogP contribution in [0, 0.1) is 17.8 Å². The molecule has 226 valence electrons. The van der Waals surface area contributed by atoms with Crippen LogP contribution in [0.25, 0.3) is 10.9 Å². The number of benzene rings is 2. The maximum absolute atomic E-state index is 14.1. The first-order valence-electron chi connectivity index (χ1n) is 15.4. The van der Waals surface area contributed by atoms with Crippen LogP contribution in [0.5, 0.6) is 5.75 Å². The summed E-state index contributed by atoms with van der Waals surface area (Å²) in [7, 11) is 1.59. The van der Waals surface area contributed by atoms with E-state index in [0.717, 1.165) is 42.1 Å². The summed E-state index contributed by atoms with van der Waals surface area (Å²) in [6.07, 6.45) is 5.11. The summed E-state index contributed by atoms with van der Waals surface area (Å²) >= 11 is 0. The molecule has 1 saturated heterocycles. The molecule has 2 amide bonds. The molecule has 2 heterocycles. The van der Waals surface area contributed by atoms with Crippen molar-refractivity contribution in [3.05, 3.63) is 65.9 Å². The summed E-state index contributed by atoms with van der Waals surface area (Å²) in [5.74, 6) is -0.0240. The fraction of sp³-hybridized carbons (Fsp3) is 0.471. The first-order valence-corrected chi connectivity index (χ1v) is 15.4. The number of likely N-dealkylation sites (tertiary alicyclic amines) is 1. The summed E-state index contributed by atoms with van der Waals surface area (Å²) in [5, 5.41) is 3.81. The van der Waals surface area contributed by atoms with Gasteiger partial charge in [0.2, 0.25) is 5.91 Å². The van der Waals surface area contributed by atoms with Gasteiger partial charge in [0.25, 0.3) is 5.91 Å². The van der Waals surface area contributed by atoms with Gasteiger partial charge in [0.05, 0.1) is 19.8 Å². The maximum Gasteiger partial charge on any atom is 0.271 e. The van der Waals surface area contributed by atoms with E-state index in [1.54, 1.807) is 18.1 Å². The third-order valence-corrected chi connectivity index (χ3v) is 9.51. The average molecular weight is 586 g/mol. The summed E-state index contributed by atoms with van der Waals surface area (Å²) in [6, 6.07) is 15.4. The van der Waals surface area contributed by atoms with Crippen molar-refractivity contribution >= 4 is 34.3 Å². The van der Waals surface area contributed by atoms with Gasteiger partial charge in [0, 0.05) is 29.8 Å². The van der Waals surface area contributed by atoms with E-state index >= 15 is 0 Å². The van der Waals surface area contributed by atoms with Crippen LogP contribution in [0.15, 0.2) is 54.6 Å². The molecular weight excluding hydrogens is 546 g/mol. The van der Waals surface area contributed by atoms with Crippen molar-refractivity contribution in [1.29, 1.82) is 0 Å². The lowest BCUT2D eigenvalue weighted by molar-refractivity contribution is -0.134. The van der Waals surface area contributed by atoms with Crippen LogP contribution in [0.1, 0.15) is 61.0 Å². The topological polar surface area (TPSA) is 118 Å². The minimum Gasteiger partial charge on any atom is -0.496 e. The highest BCUT2D eigenvalue weighted by atomic mass is 16.5. The number of rotatable bonds is 11. The quantitative estimate of drug-likeness (QED) is 0.344. The van der Waals surface area contributed by atoms with E-state index in [9.17, 15) is 19.2 Å². The first-order chi connectivity index (χ1) is 20.9. The number of aromatic amines is 1. The second-order valence-electron chi connectivity index (χ2n) is 12.2. The number of Topliss-reactive ketones (excluding diaryl/α,β-unsaturated/α-hetero) is 2. The molecule has 1 aromatic heterocycles. The van der Waals surface area contributed by atoms with Crippen LogP contribution >= 0.6 is 0 Å². The zero-order valence-electron chi connectivity index (χ0n) is 24.6. The number of nitrogens with one attached hydrogen (secondary N) is 2. The van der Waals surface area contributed by atoms with E-state index in [4.69, 9.17) is 9.47 Å².